The summed E-state index contributed by atoms with van der Waals surface area (Å²) >= 11 is 0. The lowest BCUT2D eigenvalue weighted by molar-refractivity contribution is -0.128. The van der Waals surface area contributed by atoms with E-state index in [1.807, 2.05) is 6.92 Å². The Bertz CT molecular complexity index is 395. The Labute approximate surface area is 114 Å². The molecule has 0 aliphatic heterocycles. The molecular weight excluding hydrogens is 270 g/mol. The van der Waals surface area contributed by atoms with Crippen molar-refractivity contribution in [2.24, 2.45) is 5.92 Å². The van der Waals surface area contributed by atoms with E-state index in [9.17, 15) is 18.3 Å². The van der Waals surface area contributed by atoms with Gasteiger partial charge in [0, 0.05) is 26.7 Å². The highest BCUT2D eigenvalue weighted by Crippen LogP contribution is 2.30. The van der Waals surface area contributed by atoms with Crippen molar-refractivity contribution in [3.8, 4) is 0 Å². The molecule has 0 saturated heterocycles. The lowest BCUT2D eigenvalue weighted by Gasteiger charge is -2.22. The van der Waals surface area contributed by atoms with Crippen molar-refractivity contribution in [2.75, 3.05) is 26.7 Å². The van der Waals surface area contributed by atoms with Crippen LogP contribution in [0.25, 0.3) is 0 Å². The van der Waals surface area contributed by atoms with Crippen LogP contribution in [0.1, 0.15) is 26.2 Å². The highest BCUT2D eigenvalue weighted by Gasteiger charge is 2.30. The van der Waals surface area contributed by atoms with Gasteiger partial charge in [-0.1, -0.05) is 6.92 Å². The monoisotopic (exact) mass is 293 g/mol. The summed E-state index contributed by atoms with van der Waals surface area (Å²) in [6.45, 7) is 2.56. The molecule has 0 radical (unpaired) electrons. The van der Waals surface area contributed by atoms with E-state index < -0.39 is 22.2 Å². The van der Waals surface area contributed by atoms with Crippen LogP contribution in [0.5, 0.6) is 0 Å². The van der Waals surface area contributed by atoms with Gasteiger partial charge in [-0.15, -0.1) is 0 Å². The number of aliphatic hydroxyl groups is 1. The molecule has 1 amide bonds. The molecule has 1 rings (SSSR count). The van der Waals surface area contributed by atoms with Gasteiger partial charge in [0.25, 0.3) is 10.2 Å². The SMILES string of the molecule is CCCN(CC1CC1)S(=O)(=O)NC[C@H](O)C(=O)NC. The quantitative estimate of drug-likeness (QED) is 0.510. The van der Waals surface area contributed by atoms with Gasteiger partial charge in [-0.3, -0.25) is 4.79 Å². The average Bonchev–Trinajstić information content (AvgIpc) is 3.18. The summed E-state index contributed by atoms with van der Waals surface area (Å²) in [6, 6.07) is 0. The van der Waals surface area contributed by atoms with Crippen LogP contribution >= 0.6 is 0 Å². The predicted octanol–water partition coefficient (Wildman–Crippen LogP) is -0.950. The van der Waals surface area contributed by atoms with Gasteiger partial charge in [0.2, 0.25) is 5.91 Å². The second kappa shape index (κ2) is 7.18. The molecule has 1 aliphatic rings. The van der Waals surface area contributed by atoms with E-state index in [-0.39, 0.29) is 6.54 Å². The Morgan fingerprint density at radius 3 is 2.58 bits per heavy atom. The van der Waals surface area contributed by atoms with Crippen molar-refractivity contribution in [3.63, 3.8) is 0 Å². The maximum absolute atomic E-state index is 12.1. The maximum atomic E-state index is 12.1. The Morgan fingerprint density at radius 2 is 2.11 bits per heavy atom. The first-order valence-electron chi connectivity index (χ1n) is 6.55. The number of hydrogen-bond acceptors (Lipinski definition) is 4. The average molecular weight is 293 g/mol. The highest BCUT2D eigenvalue weighted by atomic mass is 32.2. The molecule has 0 heterocycles. The lowest BCUT2D eigenvalue weighted by Crippen LogP contribution is -2.47. The number of carbonyl (C=O) groups is 1. The molecule has 0 bridgehead atoms. The van der Waals surface area contributed by atoms with E-state index in [1.165, 1.54) is 11.4 Å². The maximum Gasteiger partial charge on any atom is 0.279 e. The molecular formula is C11H23N3O4S. The first-order valence-corrected chi connectivity index (χ1v) is 7.99. The fourth-order valence-electron chi connectivity index (χ4n) is 1.68. The molecule has 1 fully saturated rings. The van der Waals surface area contributed by atoms with Crippen LogP contribution in [0.2, 0.25) is 0 Å². The van der Waals surface area contributed by atoms with Crippen LogP contribution in [0, 0.1) is 5.92 Å². The number of likely N-dealkylation sites (N-methyl/N-ethyl adjacent to an activating group) is 1. The zero-order valence-corrected chi connectivity index (χ0v) is 12.2. The molecule has 1 aliphatic carbocycles. The minimum Gasteiger partial charge on any atom is -0.382 e. The second-order valence-electron chi connectivity index (χ2n) is 4.78. The van der Waals surface area contributed by atoms with Crippen LogP contribution in [0.4, 0.5) is 0 Å². The Balaban J connectivity index is 2.53. The molecule has 1 saturated carbocycles. The van der Waals surface area contributed by atoms with Crippen LogP contribution in [0.3, 0.4) is 0 Å². The van der Waals surface area contributed by atoms with Crippen LogP contribution in [-0.4, -0.2) is 56.5 Å². The minimum absolute atomic E-state index is 0.313. The van der Waals surface area contributed by atoms with Gasteiger partial charge in [-0.25, -0.2) is 0 Å². The smallest absolute Gasteiger partial charge is 0.279 e. The molecule has 7 nitrogen and oxygen atoms in total. The molecule has 0 spiro atoms. The Morgan fingerprint density at radius 1 is 1.47 bits per heavy atom. The number of nitrogens with one attached hydrogen (secondary N) is 2. The summed E-state index contributed by atoms with van der Waals surface area (Å²) in [5.41, 5.74) is 0. The molecule has 3 N–H and O–H groups in total. The Kier molecular flexibility index (Phi) is 6.18. The van der Waals surface area contributed by atoms with Gasteiger partial charge in [0.15, 0.2) is 0 Å². The van der Waals surface area contributed by atoms with Gasteiger partial charge in [-0.05, 0) is 25.2 Å². The number of carbonyl (C=O) groups excluding carboxylic acids is 1. The molecule has 0 aromatic rings. The summed E-state index contributed by atoms with van der Waals surface area (Å²) in [5, 5.41) is 11.7. The van der Waals surface area contributed by atoms with E-state index >= 15 is 0 Å². The van der Waals surface area contributed by atoms with Gasteiger partial charge >= 0.3 is 0 Å². The van der Waals surface area contributed by atoms with E-state index in [1.54, 1.807) is 0 Å². The molecule has 8 heteroatoms. The van der Waals surface area contributed by atoms with E-state index in [0.29, 0.717) is 19.0 Å². The van der Waals surface area contributed by atoms with E-state index in [0.717, 1.165) is 19.3 Å². The minimum atomic E-state index is -3.63. The summed E-state index contributed by atoms with van der Waals surface area (Å²) in [5.74, 6) is -0.154. The third-order valence-corrected chi connectivity index (χ3v) is 4.52. The Hall–Kier alpha value is -0.700. The lowest BCUT2D eigenvalue weighted by atomic mass is 10.3. The first kappa shape index (κ1) is 16.4. The molecule has 1 atom stereocenters. The molecule has 19 heavy (non-hydrogen) atoms. The van der Waals surface area contributed by atoms with Gasteiger partial charge < -0.3 is 10.4 Å². The van der Waals surface area contributed by atoms with Crippen LogP contribution in [-0.2, 0) is 15.0 Å². The summed E-state index contributed by atoms with van der Waals surface area (Å²) < 4.78 is 27.8. The topological polar surface area (TPSA) is 98.7 Å². The normalized spacial score (nSPS) is 17.5. The zero-order chi connectivity index (χ0) is 14.5. The third-order valence-electron chi connectivity index (χ3n) is 2.98. The van der Waals surface area contributed by atoms with Crippen molar-refractivity contribution in [1.82, 2.24) is 14.3 Å². The van der Waals surface area contributed by atoms with E-state index in [4.69, 9.17) is 0 Å². The molecule has 112 valence electrons. The van der Waals surface area contributed by atoms with Gasteiger partial charge in [0.1, 0.15) is 6.10 Å². The van der Waals surface area contributed by atoms with Crippen molar-refractivity contribution in [2.45, 2.75) is 32.3 Å². The number of amides is 1. The largest absolute Gasteiger partial charge is 0.382 e. The zero-order valence-electron chi connectivity index (χ0n) is 11.4. The molecule has 0 unspecified atom stereocenters. The van der Waals surface area contributed by atoms with Crippen molar-refractivity contribution in [1.29, 1.82) is 0 Å². The van der Waals surface area contributed by atoms with Crippen molar-refractivity contribution < 1.29 is 18.3 Å². The predicted molar refractivity (Wildman–Crippen MR) is 71.6 cm³/mol. The van der Waals surface area contributed by atoms with Crippen LogP contribution in [0.15, 0.2) is 0 Å². The summed E-state index contributed by atoms with van der Waals surface area (Å²) in [6.07, 6.45) is 1.49. The number of rotatable bonds is 9. The first-order chi connectivity index (χ1) is 8.90. The van der Waals surface area contributed by atoms with Crippen LogP contribution < -0.4 is 10.0 Å². The van der Waals surface area contributed by atoms with Gasteiger partial charge in [0.05, 0.1) is 0 Å². The summed E-state index contributed by atoms with van der Waals surface area (Å²) in [4.78, 5) is 11.1. The number of nitrogens with zero attached hydrogens (tertiary/aromatic N) is 1. The second-order valence-corrected chi connectivity index (χ2v) is 6.54. The van der Waals surface area contributed by atoms with E-state index in [2.05, 4.69) is 10.0 Å². The standard InChI is InChI=1S/C11H23N3O4S/c1-3-6-14(8-9-4-5-9)19(17,18)13-7-10(15)11(16)12-2/h9-10,13,15H,3-8H2,1-2H3,(H,12,16)/t10-/m0/s1. The van der Waals surface area contributed by atoms with Crippen molar-refractivity contribution >= 4 is 16.1 Å². The fourth-order valence-corrected chi connectivity index (χ4v) is 3.06. The number of aliphatic hydroxyl groups excluding tert-OH is 1. The van der Waals surface area contributed by atoms with Gasteiger partial charge in [-0.2, -0.15) is 17.4 Å². The fraction of sp³-hybridized carbons (Fsp3) is 0.909. The highest BCUT2D eigenvalue weighted by molar-refractivity contribution is 7.87. The number of hydrogen-bond donors (Lipinski definition) is 3. The van der Waals surface area contributed by atoms with Crippen molar-refractivity contribution in [3.05, 3.63) is 0 Å². The molecule has 0 aromatic heterocycles. The molecule has 0 aromatic carbocycles. The third kappa shape index (κ3) is 5.43. The summed E-state index contributed by atoms with van der Waals surface area (Å²) in [7, 11) is -2.25.